The number of carboxylic acids is 1. The largest absolute Gasteiger partial charge is 0.481 e. The quantitative estimate of drug-likeness (QED) is 0.314. The highest BCUT2D eigenvalue weighted by molar-refractivity contribution is 5.90. The molecular formula is C35H46N2O6. The summed E-state index contributed by atoms with van der Waals surface area (Å²) in [4.78, 5) is 29.3. The number of carboxylic acid groups (broad SMARTS) is 1. The van der Waals surface area contributed by atoms with Crippen LogP contribution >= 0.6 is 0 Å². The average molecular weight is 591 g/mol. The Morgan fingerprint density at radius 1 is 1.21 bits per heavy atom. The van der Waals surface area contributed by atoms with Gasteiger partial charge < -0.3 is 24.1 Å². The summed E-state index contributed by atoms with van der Waals surface area (Å²) in [5.41, 5.74) is -0.250. The number of methoxy groups -OCH3 is 1. The van der Waals surface area contributed by atoms with Crippen LogP contribution in [0.3, 0.4) is 0 Å². The second-order valence-corrected chi connectivity index (χ2v) is 14.3. The lowest BCUT2D eigenvalue weighted by molar-refractivity contribution is -0.220. The van der Waals surface area contributed by atoms with Crippen molar-refractivity contribution in [2.75, 3.05) is 26.8 Å². The number of nitriles is 1. The van der Waals surface area contributed by atoms with Crippen LogP contribution in [-0.2, 0) is 30.3 Å². The maximum Gasteiger partial charge on any atom is 0.315 e. The standard InChI is InChI=1S/C35H46N2O6/c1-21(2)29-12-26-13-33(19-38)28-11-6-22(3)27(28)14-34(26,35(29,33)32(39)40)20-42-31-18-37(17-30(41-5)23(4)43-31)16-25-9-7-24(15-36)8-10-25/h7-10,12,19,21-23,26-28,30-31H,6,11,13-14,16-18,20H2,1-5H3,(H,39,40)/t22-,23-,26?,27-,28-,30+,31-,33+,34?,35+/m1/s1. The number of ether oxygens (including phenoxy) is 3. The van der Waals surface area contributed by atoms with Gasteiger partial charge in [-0.2, -0.15) is 5.26 Å². The Hall–Kier alpha value is -2.57. The first-order valence-corrected chi connectivity index (χ1v) is 16.0. The average Bonchev–Trinajstić information content (AvgIpc) is 3.51. The highest BCUT2D eigenvalue weighted by Gasteiger charge is 2.84. The van der Waals surface area contributed by atoms with E-state index in [1.54, 1.807) is 7.11 Å². The normalized spacial score (nSPS) is 41.9. The third-order valence-electron chi connectivity index (χ3n) is 12.2. The van der Waals surface area contributed by atoms with Crippen LogP contribution in [0.25, 0.3) is 0 Å². The third-order valence-corrected chi connectivity index (χ3v) is 12.2. The number of fused-ring (bicyclic) bond motifs is 2. The zero-order chi connectivity index (χ0) is 30.7. The van der Waals surface area contributed by atoms with Gasteiger partial charge in [0.2, 0.25) is 0 Å². The summed E-state index contributed by atoms with van der Waals surface area (Å²) in [7, 11) is 1.69. The molecule has 10 atom stereocenters. The number of allylic oxidation sites excluding steroid dienone is 1. The van der Waals surface area contributed by atoms with Gasteiger partial charge in [-0.1, -0.05) is 51.0 Å². The van der Waals surface area contributed by atoms with Crippen LogP contribution in [0.2, 0.25) is 0 Å². The summed E-state index contributed by atoms with van der Waals surface area (Å²) in [6.45, 7) is 10.4. The van der Waals surface area contributed by atoms with Crippen LogP contribution in [0.5, 0.6) is 0 Å². The molecule has 8 nitrogen and oxygen atoms in total. The van der Waals surface area contributed by atoms with Gasteiger partial charge in [0.05, 0.1) is 35.9 Å². The molecule has 5 aliphatic rings. The molecule has 4 fully saturated rings. The van der Waals surface area contributed by atoms with Gasteiger partial charge in [0.15, 0.2) is 6.29 Å². The van der Waals surface area contributed by atoms with Crippen LogP contribution < -0.4 is 0 Å². The number of hydrogen-bond donors (Lipinski definition) is 1. The molecule has 1 aromatic rings. The first-order valence-electron chi connectivity index (χ1n) is 16.0. The minimum atomic E-state index is -1.26. The van der Waals surface area contributed by atoms with E-state index in [9.17, 15) is 20.0 Å². The highest BCUT2D eigenvalue weighted by atomic mass is 16.7. The number of nitrogens with zero attached hydrogens (tertiary/aromatic N) is 2. The maximum atomic E-state index is 13.8. The van der Waals surface area contributed by atoms with Crippen molar-refractivity contribution in [2.24, 2.45) is 45.8 Å². The molecule has 3 saturated carbocycles. The number of hydrogen-bond acceptors (Lipinski definition) is 7. The van der Waals surface area contributed by atoms with Crippen molar-refractivity contribution >= 4 is 12.3 Å². The molecule has 4 aliphatic carbocycles. The molecule has 0 spiro atoms. The second-order valence-electron chi connectivity index (χ2n) is 14.3. The van der Waals surface area contributed by atoms with E-state index < -0.39 is 28.5 Å². The Morgan fingerprint density at radius 2 is 1.95 bits per heavy atom. The Morgan fingerprint density at radius 3 is 2.58 bits per heavy atom. The van der Waals surface area contributed by atoms with Crippen LogP contribution in [0.1, 0.15) is 64.5 Å². The Bertz CT molecular complexity index is 1320. The van der Waals surface area contributed by atoms with Crippen molar-refractivity contribution in [3.63, 3.8) is 0 Å². The van der Waals surface area contributed by atoms with Gasteiger partial charge in [-0.15, -0.1) is 0 Å². The summed E-state index contributed by atoms with van der Waals surface area (Å²) in [5.74, 6) is -0.00151. The van der Waals surface area contributed by atoms with E-state index in [2.05, 4.69) is 37.8 Å². The summed E-state index contributed by atoms with van der Waals surface area (Å²) in [6, 6.07) is 9.76. The van der Waals surface area contributed by atoms with Crippen LogP contribution in [0.15, 0.2) is 35.9 Å². The van der Waals surface area contributed by atoms with E-state index in [-0.39, 0.29) is 36.6 Å². The van der Waals surface area contributed by atoms with E-state index in [1.807, 2.05) is 31.2 Å². The van der Waals surface area contributed by atoms with Crippen molar-refractivity contribution in [2.45, 2.75) is 78.4 Å². The predicted molar refractivity (Wildman–Crippen MR) is 160 cm³/mol. The van der Waals surface area contributed by atoms with Crippen molar-refractivity contribution in [1.82, 2.24) is 4.90 Å². The van der Waals surface area contributed by atoms with Gasteiger partial charge in [0.1, 0.15) is 11.7 Å². The minimum Gasteiger partial charge on any atom is -0.481 e. The van der Waals surface area contributed by atoms with Gasteiger partial charge in [-0.25, -0.2) is 0 Å². The molecule has 8 heteroatoms. The first kappa shape index (κ1) is 30.5. The van der Waals surface area contributed by atoms with Gasteiger partial charge >= 0.3 is 5.97 Å². The molecule has 6 rings (SSSR count). The molecule has 1 aliphatic heterocycles. The molecule has 2 unspecified atom stereocenters. The van der Waals surface area contributed by atoms with Crippen molar-refractivity contribution < 1.29 is 28.9 Å². The predicted octanol–water partition coefficient (Wildman–Crippen LogP) is 5.06. The summed E-state index contributed by atoms with van der Waals surface area (Å²) >= 11 is 0. The van der Waals surface area contributed by atoms with Gasteiger partial charge in [0, 0.05) is 32.2 Å². The molecule has 0 radical (unpaired) electrons. The van der Waals surface area contributed by atoms with E-state index >= 15 is 0 Å². The lowest BCUT2D eigenvalue weighted by Gasteiger charge is -2.58. The number of benzene rings is 1. The number of aldehydes is 1. The Balaban J connectivity index is 1.32. The zero-order valence-electron chi connectivity index (χ0n) is 26.1. The number of aliphatic carboxylic acids is 1. The van der Waals surface area contributed by atoms with E-state index in [4.69, 9.17) is 14.2 Å². The summed E-state index contributed by atoms with van der Waals surface area (Å²) in [5, 5.41) is 20.5. The van der Waals surface area contributed by atoms with Gasteiger partial charge in [-0.05, 0) is 73.5 Å². The second kappa shape index (κ2) is 11.1. The highest BCUT2D eigenvalue weighted by Crippen LogP contribution is 2.82. The number of rotatable bonds is 9. The first-order chi connectivity index (χ1) is 20.6. The number of carbonyl (C=O) groups is 2. The van der Waals surface area contributed by atoms with Crippen molar-refractivity contribution in [3.05, 3.63) is 47.0 Å². The minimum absolute atomic E-state index is 0.0197. The topological polar surface area (TPSA) is 109 Å². The monoisotopic (exact) mass is 590 g/mol. The van der Waals surface area contributed by atoms with Crippen LogP contribution in [0, 0.1) is 57.2 Å². The number of carbonyl (C=O) groups excluding carboxylic acids is 1. The molecule has 1 aromatic carbocycles. The fourth-order valence-electron chi connectivity index (χ4n) is 10.4. The molecule has 1 heterocycles. The fourth-order valence-corrected chi connectivity index (χ4v) is 10.4. The Kier molecular flexibility index (Phi) is 7.86. The molecule has 4 bridgehead atoms. The smallest absolute Gasteiger partial charge is 0.315 e. The molecule has 1 N–H and O–H groups in total. The van der Waals surface area contributed by atoms with E-state index in [0.29, 0.717) is 43.5 Å². The molecule has 0 amide bonds. The van der Waals surface area contributed by atoms with Gasteiger partial charge in [-0.3, -0.25) is 9.69 Å². The Labute approximate surface area is 255 Å². The van der Waals surface area contributed by atoms with Crippen LogP contribution in [-0.4, -0.2) is 67.6 Å². The molecule has 43 heavy (non-hydrogen) atoms. The molecule has 1 saturated heterocycles. The summed E-state index contributed by atoms with van der Waals surface area (Å²) < 4.78 is 19.0. The van der Waals surface area contributed by atoms with E-state index in [0.717, 1.165) is 36.7 Å². The van der Waals surface area contributed by atoms with Crippen molar-refractivity contribution in [3.8, 4) is 6.07 Å². The van der Waals surface area contributed by atoms with Crippen LogP contribution in [0.4, 0.5) is 0 Å². The molecule has 0 aromatic heterocycles. The molecular weight excluding hydrogens is 544 g/mol. The lowest BCUT2D eigenvalue weighted by atomic mass is 9.43. The van der Waals surface area contributed by atoms with Gasteiger partial charge in [0.25, 0.3) is 0 Å². The fraction of sp³-hybridized carbons (Fsp3) is 0.686. The SMILES string of the molecule is CO[C@H]1CN(Cc2ccc(C#N)cc2)C[C@H](OCC23C[C@@H]4[C@H](C)CC[C@H]4[C@@]4(C=O)CC2C=C(C(C)C)[C@@]34C(=O)O)O[C@@H]1C. The lowest BCUT2D eigenvalue weighted by Crippen LogP contribution is -2.63. The molecule has 232 valence electrons. The third kappa shape index (κ3) is 4.29. The maximum absolute atomic E-state index is 13.8. The summed E-state index contributed by atoms with van der Waals surface area (Å²) in [6.07, 6.45) is 5.61. The van der Waals surface area contributed by atoms with Crippen molar-refractivity contribution in [1.29, 1.82) is 5.26 Å². The zero-order valence-corrected chi connectivity index (χ0v) is 26.1. The van der Waals surface area contributed by atoms with E-state index in [1.165, 1.54) is 0 Å².